The molecule has 36 heavy (non-hydrogen) atoms. The Balaban J connectivity index is 1.31. The summed E-state index contributed by atoms with van der Waals surface area (Å²) in [7, 11) is 0. The molecule has 2 amide bonds. The molecule has 11 heteroatoms. The Labute approximate surface area is 210 Å². The highest BCUT2D eigenvalue weighted by atomic mass is 35.5. The van der Waals surface area contributed by atoms with Crippen LogP contribution in [0.2, 0.25) is 5.02 Å². The molecule has 2 aromatic carbocycles. The highest BCUT2D eigenvalue weighted by Gasteiger charge is 2.26. The first-order valence-corrected chi connectivity index (χ1v) is 11.6. The number of aliphatic hydroxyl groups is 1. The van der Waals surface area contributed by atoms with Crippen molar-refractivity contribution in [1.82, 2.24) is 20.2 Å². The van der Waals surface area contributed by atoms with Crippen molar-refractivity contribution in [1.29, 1.82) is 0 Å². The first-order valence-electron chi connectivity index (χ1n) is 11.3. The van der Waals surface area contributed by atoms with Crippen LogP contribution in [0.1, 0.15) is 32.9 Å². The van der Waals surface area contributed by atoms with Gasteiger partial charge in [0.05, 0.1) is 16.3 Å². The van der Waals surface area contributed by atoms with Crippen molar-refractivity contribution in [2.24, 2.45) is 0 Å². The number of halogens is 1. The van der Waals surface area contributed by atoms with Crippen LogP contribution in [0.25, 0.3) is 22.7 Å². The van der Waals surface area contributed by atoms with E-state index in [2.05, 4.69) is 20.8 Å². The van der Waals surface area contributed by atoms with Crippen LogP contribution in [0.15, 0.2) is 42.5 Å². The molecule has 1 atom stereocenters. The molecule has 0 radical (unpaired) electrons. The Bertz CT molecular complexity index is 1550. The number of aryl methyl sites for hydroxylation is 1. The molecule has 4 N–H and O–H groups in total. The lowest BCUT2D eigenvalue weighted by Gasteiger charge is -2.10. The molecule has 1 aliphatic rings. The van der Waals surface area contributed by atoms with Crippen molar-refractivity contribution in [2.45, 2.75) is 26.5 Å². The first kappa shape index (κ1) is 23.6. The van der Waals surface area contributed by atoms with Gasteiger partial charge in [0.25, 0.3) is 11.8 Å². The zero-order valence-corrected chi connectivity index (χ0v) is 20.3. The first-order chi connectivity index (χ1) is 17.2. The summed E-state index contributed by atoms with van der Waals surface area (Å²) < 4.78 is 1.41. The maximum Gasteiger partial charge on any atom is 0.256 e. The Morgan fingerprint density at radius 3 is 2.89 bits per heavy atom. The van der Waals surface area contributed by atoms with Gasteiger partial charge < -0.3 is 25.9 Å². The minimum atomic E-state index is -0.971. The number of hydrogen-bond donors (Lipinski definition) is 4. The number of hydrogen-bond acceptors (Lipinski definition) is 5. The molecule has 0 aliphatic carbocycles. The molecule has 10 nitrogen and oxygen atoms in total. The number of carbonyl (C=O) groups excluding carboxylic acids is 2. The van der Waals surface area contributed by atoms with Crippen LogP contribution in [0, 0.1) is 19.1 Å². The van der Waals surface area contributed by atoms with Crippen molar-refractivity contribution >= 4 is 51.8 Å². The second-order valence-electron chi connectivity index (χ2n) is 8.66. The van der Waals surface area contributed by atoms with Gasteiger partial charge in [-0.15, -0.1) is 9.53 Å². The number of aromatic amines is 1. The molecule has 1 unspecified atom stereocenters. The third kappa shape index (κ3) is 4.21. The number of carbonyl (C=O) groups is 2. The number of para-hydroxylation sites is 2. The molecular weight excluding hydrogens is 484 g/mol. The van der Waals surface area contributed by atoms with Crippen molar-refractivity contribution in [2.75, 3.05) is 11.9 Å². The van der Waals surface area contributed by atoms with E-state index in [1.165, 1.54) is 4.68 Å². The fourth-order valence-electron chi connectivity index (χ4n) is 4.44. The number of benzene rings is 2. The number of aliphatic hydroxyl groups excluding tert-OH is 1. The van der Waals surface area contributed by atoms with E-state index in [-0.39, 0.29) is 24.9 Å². The topological polar surface area (TPSA) is 139 Å². The lowest BCUT2D eigenvalue weighted by atomic mass is 10.0. The molecule has 0 saturated heterocycles. The van der Waals surface area contributed by atoms with Crippen molar-refractivity contribution < 1.29 is 19.5 Å². The molecule has 0 bridgehead atoms. The van der Waals surface area contributed by atoms with Gasteiger partial charge >= 0.3 is 0 Å². The largest absolute Gasteiger partial charge is 0.691 e. The molecule has 1 aliphatic heterocycles. The maximum absolute atomic E-state index is 13.0. The smallest absolute Gasteiger partial charge is 0.256 e. The van der Waals surface area contributed by atoms with Crippen molar-refractivity contribution in [3.8, 4) is 0 Å². The molecule has 2 aromatic heterocycles. The number of anilines is 1. The Morgan fingerprint density at radius 2 is 2.08 bits per heavy atom. The Morgan fingerprint density at radius 1 is 1.31 bits per heavy atom. The molecule has 0 fully saturated rings. The predicted octanol–water partition coefficient (Wildman–Crippen LogP) is 2.55. The number of amides is 2. The minimum absolute atomic E-state index is 0.0373. The quantitative estimate of drug-likeness (QED) is 0.181. The molecule has 5 rings (SSSR count). The second kappa shape index (κ2) is 9.14. The standard InChI is InChI=1S/C25H23ClN6O4/c1-13-20(10-18-17-9-15(26)7-8-19(17)29-24(18)34)28-14(2)23(13)25(35)27-11-16(33)12-31-21-5-3-4-6-22(21)32(36)30-31/h3-10,16,28,33H,11-12H2,1-2H3,(H,27,35)(H,29,34)/b18-10-. The molecule has 0 saturated carbocycles. The van der Waals surface area contributed by atoms with Crippen LogP contribution >= 0.6 is 11.6 Å². The van der Waals surface area contributed by atoms with Crippen molar-refractivity contribution in [3.05, 3.63) is 80.8 Å². The van der Waals surface area contributed by atoms with E-state index in [9.17, 15) is 19.9 Å². The summed E-state index contributed by atoms with van der Waals surface area (Å²) in [5.74, 6) is -0.618. The second-order valence-corrected chi connectivity index (χ2v) is 9.10. The van der Waals surface area contributed by atoms with Crippen LogP contribution < -0.4 is 15.5 Å². The summed E-state index contributed by atoms with van der Waals surface area (Å²) in [5.41, 5.74) is 5.15. The van der Waals surface area contributed by atoms with E-state index in [0.29, 0.717) is 60.2 Å². The van der Waals surface area contributed by atoms with E-state index in [1.54, 1.807) is 62.4 Å². The molecule has 3 heterocycles. The fourth-order valence-corrected chi connectivity index (χ4v) is 4.62. The van der Waals surface area contributed by atoms with E-state index in [1.807, 2.05) is 0 Å². The van der Waals surface area contributed by atoms with Gasteiger partial charge in [0.1, 0.15) is 12.6 Å². The van der Waals surface area contributed by atoms with E-state index in [0.717, 1.165) is 0 Å². The van der Waals surface area contributed by atoms with Gasteiger partial charge in [0, 0.05) is 34.2 Å². The number of nitrogens with zero attached hydrogens (tertiary/aromatic N) is 3. The van der Waals surface area contributed by atoms with Crippen LogP contribution in [0.4, 0.5) is 5.69 Å². The summed E-state index contributed by atoms with van der Waals surface area (Å²) in [6.45, 7) is 3.55. The lowest BCUT2D eigenvalue weighted by Crippen LogP contribution is -2.36. The van der Waals surface area contributed by atoms with Gasteiger partial charge in [0.15, 0.2) is 5.52 Å². The SMILES string of the molecule is Cc1[nH]c(/C=C2\C(=O)Nc3ccc(Cl)cc32)c(C)c1C(=O)NCC(O)Cn1n[n+]([O-])c2ccccc21. The zero-order chi connectivity index (χ0) is 25.6. The number of rotatable bonds is 6. The lowest BCUT2D eigenvalue weighted by molar-refractivity contribution is -0.646. The van der Waals surface area contributed by atoms with Gasteiger partial charge in [-0.05, 0) is 55.8 Å². The maximum atomic E-state index is 13.0. The molecule has 184 valence electrons. The minimum Gasteiger partial charge on any atom is -0.691 e. The fraction of sp³-hybridized carbons (Fsp3) is 0.200. The van der Waals surface area contributed by atoms with Crippen LogP contribution in [0.5, 0.6) is 0 Å². The summed E-state index contributed by atoms with van der Waals surface area (Å²) in [6.07, 6.45) is 0.730. The number of fused-ring (bicyclic) bond motifs is 2. The predicted molar refractivity (Wildman–Crippen MR) is 135 cm³/mol. The zero-order valence-electron chi connectivity index (χ0n) is 19.5. The van der Waals surface area contributed by atoms with Crippen LogP contribution in [0.3, 0.4) is 0 Å². The van der Waals surface area contributed by atoms with Gasteiger partial charge in [-0.25, -0.2) is 0 Å². The van der Waals surface area contributed by atoms with E-state index < -0.39 is 6.10 Å². The van der Waals surface area contributed by atoms with Gasteiger partial charge in [0.2, 0.25) is 5.52 Å². The summed E-state index contributed by atoms with van der Waals surface area (Å²) in [4.78, 5) is 29.2. The number of H-pyrrole nitrogens is 1. The third-order valence-corrected chi connectivity index (χ3v) is 6.43. The Kier molecular flexibility index (Phi) is 5.99. The van der Waals surface area contributed by atoms with E-state index in [4.69, 9.17) is 11.6 Å². The highest BCUT2D eigenvalue weighted by Crippen LogP contribution is 2.35. The van der Waals surface area contributed by atoms with Crippen molar-refractivity contribution in [3.63, 3.8) is 0 Å². The summed E-state index contributed by atoms with van der Waals surface area (Å²) in [5, 5.41) is 32.4. The molecule has 0 spiro atoms. The van der Waals surface area contributed by atoms with Crippen LogP contribution in [-0.2, 0) is 11.3 Å². The summed E-state index contributed by atoms with van der Waals surface area (Å²) in [6, 6.07) is 12.1. The Hall–Kier alpha value is -4.15. The number of nitrogens with one attached hydrogen (secondary N) is 3. The number of aromatic nitrogens is 4. The molecule has 4 aromatic rings. The van der Waals surface area contributed by atoms with Gasteiger partial charge in [-0.2, -0.15) is 0 Å². The average Bonchev–Trinajstić information content (AvgIpc) is 3.43. The summed E-state index contributed by atoms with van der Waals surface area (Å²) >= 11 is 6.11. The van der Waals surface area contributed by atoms with Crippen LogP contribution in [-0.4, -0.2) is 44.4 Å². The molecular formula is C25H23ClN6O4. The highest BCUT2D eigenvalue weighted by molar-refractivity contribution is 6.36. The normalized spacial score (nSPS) is 14.8. The third-order valence-electron chi connectivity index (χ3n) is 6.19. The van der Waals surface area contributed by atoms with Gasteiger partial charge in [-0.1, -0.05) is 23.7 Å². The van der Waals surface area contributed by atoms with Gasteiger partial charge in [-0.3, -0.25) is 9.59 Å². The van der Waals surface area contributed by atoms with E-state index >= 15 is 0 Å². The monoisotopic (exact) mass is 506 g/mol. The average molecular weight is 507 g/mol.